The number of hydrogen-bond acceptors (Lipinski definition) is 7. The molecule has 0 aromatic carbocycles. The zero-order valence-electron chi connectivity index (χ0n) is 14.2. The zero-order valence-corrected chi connectivity index (χ0v) is 15.0. The second-order valence-corrected chi connectivity index (χ2v) is 5.62. The van der Waals surface area contributed by atoms with Gasteiger partial charge in [-0.2, -0.15) is 4.37 Å². The van der Waals surface area contributed by atoms with Crippen LogP contribution in [0.4, 0.5) is 0 Å². The van der Waals surface area contributed by atoms with Crippen LogP contribution in [0, 0.1) is 11.8 Å². The fourth-order valence-electron chi connectivity index (χ4n) is 1.95. The van der Waals surface area contributed by atoms with E-state index in [2.05, 4.69) is 38.6 Å². The van der Waals surface area contributed by atoms with Crippen LogP contribution in [0.15, 0.2) is 6.08 Å². The molecule has 136 valence electrons. The van der Waals surface area contributed by atoms with Gasteiger partial charge in [-0.05, 0) is 19.0 Å². The van der Waals surface area contributed by atoms with E-state index in [9.17, 15) is 0 Å². The molecule has 0 atom stereocenters. The Morgan fingerprint density at radius 2 is 2.04 bits per heavy atom. The Labute approximate surface area is 150 Å². The first-order valence-corrected chi connectivity index (χ1v) is 8.44. The summed E-state index contributed by atoms with van der Waals surface area (Å²) >= 11 is 1.21. The Balaban J connectivity index is 0.000000450. The van der Waals surface area contributed by atoms with Gasteiger partial charge in [-0.3, -0.25) is 0 Å². The van der Waals surface area contributed by atoms with E-state index in [1.165, 1.54) is 17.3 Å². The van der Waals surface area contributed by atoms with Crippen LogP contribution in [-0.4, -0.2) is 62.5 Å². The highest BCUT2D eigenvalue weighted by Gasteiger charge is 2.18. The molecular formula is C16H21N3O5S. The summed E-state index contributed by atoms with van der Waals surface area (Å²) in [6.07, 6.45) is 4.93. The fraction of sp³-hybridized carbons (Fsp3) is 0.500. The number of rotatable bonds is 4. The average Bonchev–Trinajstić information content (AvgIpc) is 3.03. The first-order valence-electron chi connectivity index (χ1n) is 7.70. The van der Waals surface area contributed by atoms with Crippen LogP contribution < -0.4 is 4.74 Å². The molecule has 9 heteroatoms. The van der Waals surface area contributed by atoms with Crippen molar-refractivity contribution in [3.63, 3.8) is 0 Å². The normalized spacial score (nSPS) is 13.6. The molecule has 1 aliphatic heterocycles. The van der Waals surface area contributed by atoms with Crippen LogP contribution in [0.5, 0.6) is 5.88 Å². The van der Waals surface area contributed by atoms with E-state index in [0.29, 0.717) is 12.5 Å². The first-order chi connectivity index (χ1) is 12.0. The van der Waals surface area contributed by atoms with Gasteiger partial charge in [0.1, 0.15) is 12.3 Å². The number of carboxylic acids is 2. The van der Waals surface area contributed by atoms with Gasteiger partial charge in [0, 0.05) is 25.9 Å². The maximum Gasteiger partial charge on any atom is 0.414 e. The number of aliphatic carboxylic acids is 2. The Bertz CT molecular complexity index is 663. The van der Waals surface area contributed by atoms with Gasteiger partial charge in [0.2, 0.25) is 0 Å². The second kappa shape index (κ2) is 11.2. The number of likely N-dealkylation sites (N-methyl/N-ethyl adjacent to an activating group) is 1. The molecule has 0 amide bonds. The van der Waals surface area contributed by atoms with E-state index < -0.39 is 11.9 Å². The van der Waals surface area contributed by atoms with Crippen LogP contribution in [0.2, 0.25) is 0 Å². The lowest BCUT2D eigenvalue weighted by Gasteiger charge is -2.22. The molecule has 2 heterocycles. The summed E-state index contributed by atoms with van der Waals surface area (Å²) in [6.45, 7) is 4.64. The first kappa shape index (κ1) is 20.6. The molecule has 1 aromatic rings. The summed E-state index contributed by atoms with van der Waals surface area (Å²) in [7, 11) is 2.12. The summed E-state index contributed by atoms with van der Waals surface area (Å²) < 4.78 is 14.3. The van der Waals surface area contributed by atoms with Gasteiger partial charge < -0.3 is 19.8 Å². The molecule has 0 radical (unpaired) electrons. The van der Waals surface area contributed by atoms with Crippen molar-refractivity contribution in [1.29, 1.82) is 0 Å². The Morgan fingerprint density at radius 3 is 2.64 bits per heavy atom. The van der Waals surface area contributed by atoms with Gasteiger partial charge in [-0.1, -0.05) is 18.9 Å². The fourth-order valence-corrected chi connectivity index (χ4v) is 2.48. The third kappa shape index (κ3) is 7.78. The smallest absolute Gasteiger partial charge is 0.414 e. The molecule has 1 aromatic heterocycles. The van der Waals surface area contributed by atoms with Crippen LogP contribution in [0.1, 0.15) is 31.9 Å². The van der Waals surface area contributed by atoms with Crippen molar-refractivity contribution in [2.45, 2.75) is 26.2 Å². The van der Waals surface area contributed by atoms with E-state index in [4.69, 9.17) is 24.5 Å². The number of hydrogen-bond donors (Lipinski definition) is 2. The second-order valence-electron chi connectivity index (χ2n) is 5.09. The monoisotopic (exact) mass is 367 g/mol. The third-order valence-electron chi connectivity index (χ3n) is 3.05. The predicted octanol–water partition coefficient (Wildman–Crippen LogP) is 1.59. The van der Waals surface area contributed by atoms with E-state index in [0.717, 1.165) is 38.0 Å². The number of carboxylic acid groups (broad SMARTS) is 2. The molecule has 0 saturated carbocycles. The lowest BCUT2D eigenvalue weighted by molar-refractivity contribution is -0.159. The van der Waals surface area contributed by atoms with Crippen LogP contribution in [0.25, 0.3) is 5.57 Å². The van der Waals surface area contributed by atoms with Crippen LogP contribution in [-0.2, 0) is 9.59 Å². The van der Waals surface area contributed by atoms with E-state index in [1.54, 1.807) is 0 Å². The minimum atomic E-state index is -1.82. The number of ether oxygens (including phenoxy) is 1. The van der Waals surface area contributed by atoms with Crippen LogP contribution in [0.3, 0.4) is 0 Å². The van der Waals surface area contributed by atoms with Gasteiger partial charge in [0.15, 0.2) is 0 Å². The Morgan fingerprint density at radius 1 is 1.32 bits per heavy atom. The molecule has 2 N–H and O–H groups in total. The largest absolute Gasteiger partial charge is 0.474 e. The minimum Gasteiger partial charge on any atom is -0.474 e. The number of nitrogens with zero attached hydrogens (tertiary/aromatic N) is 3. The number of carbonyl (C=O) groups is 2. The van der Waals surface area contributed by atoms with Gasteiger partial charge in [0.25, 0.3) is 5.88 Å². The third-order valence-corrected chi connectivity index (χ3v) is 3.57. The predicted molar refractivity (Wildman–Crippen MR) is 93.5 cm³/mol. The summed E-state index contributed by atoms with van der Waals surface area (Å²) in [5.41, 5.74) is 2.12. The van der Waals surface area contributed by atoms with Gasteiger partial charge in [0.05, 0.1) is 11.7 Å². The highest BCUT2D eigenvalue weighted by atomic mass is 32.1. The van der Waals surface area contributed by atoms with E-state index in [1.807, 2.05) is 6.92 Å². The van der Waals surface area contributed by atoms with Gasteiger partial charge >= 0.3 is 11.9 Å². The van der Waals surface area contributed by atoms with Crippen molar-refractivity contribution in [3.05, 3.63) is 11.8 Å². The van der Waals surface area contributed by atoms with Crippen molar-refractivity contribution < 1.29 is 24.5 Å². The molecule has 2 rings (SSSR count). The quantitative estimate of drug-likeness (QED) is 0.469. The lowest BCUT2D eigenvalue weighted by Crippen LogP contribution is -2.25. The summed E-state index contributed by atoms with van der Waals surface area (Å²) in [5, 5.41) is 14.8. The van der Waals surface area contributed by atoms with Crippen LogP contribution >= 0.6 is 11.7 Å². The highest BCUT2D eigenvalue weighted by Crippen LogP contribution is 2.26. The van der Waals surface area contributed by atoms with Crippen molar-refractivity contribution in [2.75, 3.05) is 26.7 Å². The summed E-state index contributed by atoms with van der Waals surface area (Å²) in [6, 6.07) is 0. The molecule has 0 bridgehead atoms. The van der Waals surface area contributed by atoms with Crippen molar-refractivity contribution >= 4 is 29.2 Å². The zero-order chi connectivity index (χ0) is 18.7. The Kier molecular flexibility index (Phi) is 9.21. The maximum absolute atomic E-state index is 9.10. The number of aromatic nitrogens is 2. The Hall–Kier alpha value is -2.44. The molecule has 0 saturated heterocycles. The highest BCUT2D eigenvalue weighted by molar-refractivity contribution is 6.99. The van der Waals surface area contributed by atoms with E-state index in [-0.39, 0.29) is 0 Å². The molecule has 0 aliphatic carbocycles. The summed E-state index contributed by atoms with van der Waals surface area (Å²) in [4.78, 5) is 20.5. The molecular weight excluding hydrogens is 346 g/mol. The lowest BCUT2D eigenvalue weighted by atomic mass is 10.1. The van der Waals surface area contributed by atoms with Gasteiger partial charge in [-0.15, -0.1) is 10.3 Å². The molecule has 25 heavy (non-hydrogen) atoms. The molecule has 8 nitrogen and oxygen atoms in total. The molecule has 0 fully saturated rings. The average molecular weight is 367 g/mol. The van der Waals surface area contributed by atoms with Crippen molar-refractivity contribution in [3.8, 4) is 17.7 Å². The van der Waals surface area contributed by atoms with E-state index >= 15 is 0 Å². The summed E-state index contributed by atoms with van der Waals surface area (Å²) in [5.74, 6) is 3.10. The van der Waals surface area contributed by atoms with Gasteiger partial charge in [-0.25, -0.2) is 9.59 Å². The standard InChI is InChI=1S/C14H19N3OS.C2H2O4/c1-3-4-5-6-10-18-14-13(15-19-16-14)12-8-7-9-17(2)11-12;3-1(4)2(5)6/h8H,3,6-7,9-11H2,1-2H3;(H,3,4)(H,5,6). The van der Waals surface area contributed by atoms with Crippen molar-refractivity contribution in [1.82, 2.24) is 13.6 Å². The molecule has 1 aliphatic rings. The van der Waals surface area contributed by atoms with Crippen molar-refractivity contribution in [2.24, 2.45) is 0 Å². The molecule has 0 spiro atoms. The minimum absolute atomic E-state index is 0.578. The maximum atomic E-state index is 9.10. The molecule has 0 unspecified atom stereocenters. The SMILES string of the molecule is CCC#CCCOc1nsnc1C1=CCCN(C)C1.O=C(O)C(=O)O. The topological polar surface area (TPSA) is 113 Å².